The first-order chi connectivity index (χ1) is 7.92. The van der Waals surface area contributed by atoms with Gasteiger partial charge in [-0.1, -0.05) is 35.5 Å². The van der Waals surface area contributed by atoms with Crippen molar-refractivity contribution in [1.82, 2.24) is 0 Å². The second kappa shape index (κ2) is 5.35. The Morgan fingerprint density at radius 3 is 3.19 bits per heavy atom. The van der Waals surface area contributed by atoms with Crippen LogP contribution < -0.4 is 0 Å². The molecule has 0 radical (unpaired) electrons. The molecule has 0 N–H and O–H groups in total. The van der Waals surface area contributed by atoms with Crippen molar-refractivity contribution >= 4 is 27.5 Å². The monoisotopic (exact) mass is 229 g/mol. The molecular formula is C12H11N3S. The van der Waals surface area contributed by atoms with E-state index in [4.69, 9.17) is 5.53 Å². The fourth-order valence-electron chi connectivity index (χ4n) is 1.53. The number of fused-ring (bicyclic) bond motifs is 1. The summed E-state index contributed by atoms with van der Waals surface area (Å²) in [6.45, 7) is 0.521. The van der Waals surface area contributed by atoms with E-state index in [0.717, 1.165) is 6.42 Å². The normalized spacial score (nSPS) is 10.8. The van der Waals surface area contributed by atoms with Crippen molar-refractivity contribution < 1.29 is 0 Å². The van der Waals surface area contributed by atoms with E-state index in [1.165, 1.54) is 15.6 Å². The molecule has 80 valence electrons. The van der Waals surface area contributed by atoms with Crippen LogP contribution in [0.3, 0.4) is 0 Å². The number of hydrogen-bond donors (Lipinski definition) is 0. The van der Waals surface area contributed by atoms with Crippen molar-refractivity contribution in [3.05, 3.63) is 51.7 Å². The summed E-state index contributed by atoms with van der Waals surface area (Å²) in [5.41, 5.74) is 9.36. The Bertz CT molecular complexity index is 550. The molecule has 3 nitrogen and oxygen atoms in total. The Morgan fingerprint density at radius 1 is 1.38 bits per heavy atom. The number of rotatable bonds is 4. The first kappa shape index (κ1) is 10.7. The van der Waals surface area contributed by atoms with Crippen molar-refractivity contribution in [2.45, 2.75) is 6.42 Å². The summed E-state index contributed by atoms with van der Waals surface area (Å²) in [5, 5.41) is 6.87. The van der Waals surface area contributed by atoms with Crippen LogP contribution >= 0.6 is 11.3 Å². The van der Waals surface area contributed by atoms with E-state index in [9.17, 15) is 0 Å². The van der Waals surface area contributed by atoms with Crippen LogP contribution in [-0.4, -0.2) is 6.54 Å². The summed E-state index contributed by atoms with van der Waals surface area (Å²) >= 11 is 1.75. The lowest BCUT2D eigenvalue weighted by Gasteiger charge is -1.95. The fourth-order valence-corrected chi connectivity index (χ4v) is 2.43. The van der Waals surface area contributed by atoms with Crippen LogP contribution in [0.5, 0.6) is 0 Å². The topological polar surface area (TPSA) is 48.8 Å². The zero-order valence-electron chi connectivity index (χ0n) is 8.71. The van der Waals surface area contributed by atoms with Gasteiger partial charge in [0.2, 0.25) is 0 Å². The summed E-state index contributed by atoms with van der Waals surface area (Å²) in [6.07, 6.45) is 4.92. The molecule has 0 aliphatic carbocycles. The van der Waals surface area contributed by atoms with E-state index < -0.39 is 0 Å². The van der Waals surface area contributed by atoms with Gasteiger partial charge in [0.05, 0.1) is 0 Å². The molecule has 2 rings (SSSR count). The molecule has 0 fully saturated rings. The Morgan fingerprint density at radius 2 is 2.31 bits per heavy atom. The van der Waals surface area contributed by atoms with Gasteiger partial charge in [-0.05, 0) is 34.3 Å². The Balaban J connectivity index is 2.14. The van der Waals surface area contributed by atoms with Gasteiger partial charge in [-0.15, -0.1) is 11.3 Å². The standard InChI is InChI=1S/C12H11N3S/c13-15-14-8-2-1-4-10-5-3-6-11-7-9-16-12(10)11/h1,3-7,9H,2,8H2. The molecule has 4 heteroatoms. The molecule has 1 heterocycles. The molecule has 0 saturated heterocycles. The van der Waals surface area contributed by atoms with E-state index in [1.807, 2.05) is 6.08 Å². The van der Waals surface area contributed by atoms with Gasteiger partial charge in [0.1, 0.15) is 0 Å². The maximum absolute atomic E-state index is 8.13. The van der Waals surface area contributed by atoms with Crippen LogP contribution in [0.2, 0.25) is 0 Å². The largest absolute Gasteiger partial charge is 0.143 e. The number of hydrogen-bond acceptors (Lipinski definition) is 2. The van der Waals surface area contributed by atoms with Crippen molar-refractivity contribution in [1.29, 1.82) is 0 Å². The van der Waals surface area contributed by atoms with E-state index in [0.29, 0.717) is 6.54 Å². The first-order valence-electron chi connectivity index (χ1n) is 5.05. The van der Waals surface area contributed by atoms with Crippen molar-refractivity contribution in [3.8, 4) is 0 Å². The highest BCUT2D eigenvalue weighted by Gasteiger charge is 1.97. The van der Waals surface area contributed by atoms with Gasteiger partial charge < -0.3 is 0 Å². The molecule has 0 bridgehead atoms. The Hall–Kier alpha value is -1.77. The lowest BCUT2D eigenvalue weighted by molar-refractivity contribution is 0.996. The second-order valence-electron chi connectivity index (χ2n) is 3.33. The third-order valence-electron chi connectivity index (χ3n) is 2.27. The van der Waals surface area contributed by atoms with Gasteiger partial charge in [0.15, 0.2) is 0 Å². The van der Waals surface area contributed by atoms with Gasteiger partial charge in [-0.25, -0.2) is 0 Å². The average molecular weight is 229 g/mol. The van der Waals surface area contributed by atoms with Crippen molar-refractivity contribution in [2.24, 2.45) is 5.11 Å². The van der Waals surface area contributed by atoms with Crippen LogP contribution in [0.4, 0.5) is 0 Å². The predicted octanol–water partition coefficient (Wildman–Crippen LogP) is 4.61. The number of benzene rings is 1. The van der Waals surface area contributed by atoms with Gasteiger partial charge >= 0.3 is 0 Å². The number of thiophene rings is 1. The number of nitrogens with zero attached hydrogens (tertiary/aromatic N) is 3. The highest BCUT2D eigenvalue weighted by Crippen LogP contribution is 2.25. The summed E-state index contributed by atoms with van der Waals surface area (Å²) in [4.78, 5) is 2.72. The van der Waals surface area contributed by atoms with E-state index >= 15 is 0 Å². The zero-order valence-corrected chi connectivity index (χ0v) is 9.52. The maximum atomic E-state index is 8.13. The van der Waals surface area contributed by atoms with Crippen LogP contribution in [0, 0.1) is 0 Å². The lowest BCUT2D eigenvalue weighted by Crippen LogP contribution is -1.74. The van der Waals surface area contributed by atoms with Gasteiger partial charge in [0.25, 0.3) is 0 Å². The van der Waals surface area contributed by atoms with E-state index in [2.05, 4.69) is 45.7 Å². The average Bonchev–Trinajstić information content (AvgIpc) is 2.77. The maximum Gasteiger partial charge on any atom is 0.0414 e. The van der Waals surface area contributed by atoms with Crippen LogP contribution in [0.25, 0.3) is 26.6 Å². The molecular weight excluding hydrogens is 218 g/mol. The zero-order chi connectivity index (χ0) is 11.2. The van der Waals surface area contributed by atoms with Crippen molar-refractivity contribution in [3.63, 3.8) is 0 Å². The molecule has 1 aromatic heterocycles. The predicted molar refractivity (Wildman–Crippen MR) is 69.5 cm³/mol. The Labute approximate surface area is 97.7 Å². The minimum Gasteiger partial charge on any atom is -0.143 e. The van der Waals surface area contributed by atoms with E-state index in [-0.39, 0.29) is 0 Å². The first-order valence-corrected chi connectivity index (χ1v) is 5.93. The minimum absolute atomic E-state index is 0.521. The molecule has 0 aliphatic heterocycles. The van der Waals surface area contributed by atoms with Gasteiger partial charge in [-0.2, -0.15) is 0 Å². The van der Waals surface area contributed by atoms with Crippen molar-refractivity contribution in [2.75, 3.05) is 6.54 Å². The fraction of sp³-hybridized carbons (Fsp3) is 0.167. The molecule has 0 atom stereocenters. The summed E-state index contributed by atoms with van der Waals surface area (Å²) in [7, 11) is 0. The molecule has 0 spiro atoms. The minimum atomic E-state index is 0.521. The van der Waals surface area contributed by atoms with Gasteiger partial charge in [-0.3, -0.25) is 0 Å². The smallest absolute Gasteiger partial charge is 0.0414 e. The molecule has 1 aromatic carbocycles. The van der Waals surface area contributed by atoms with Crippen LogP contribution in [0.15, 0.2) is 40.8 Å². The van der Waals surface area contributed by atoms with Crippen LogP contribution in [-0.2, 0) is 0 Å². The quantitative estimate of drug-likeness (QED) is 0.318. The number of azide groups is 1. The molecule has 0 saturated carbocycles. The third kappa shape index (κ3) is 2.42. The summed E-state index contributed by atoms with van der Waals surface area (Å²) in [5.74, 6) is 0. The van der Waals surface area contributed by atoms with Crippen LogP contribution in [0.1, 0.15) is 12.0 Å². The molecule has 0 aliphatic rings. The Kier molecular flexibility index (Phi) is 3.59. The molecule has 0 unspecified atom stereocenters. The lowest BCUT2D eigenvalue weighted by atomic mass is 10.1. The molecule has 0 amide bonds. The highest BCUT2D eigenvalue weighted by atomic mass is 32.1. The third-order valence-corrected chi connectivity index (χ3v) is 3.25. The molecule has 2 aromatic rings. The summed E-state index contributed by atoms with van der Waals surface area (Å²) in [6, 6.07) is 8.39. The second-order valence-corrected chi connectivity index (χ2v) is 4.25. The van der Waals surface area contributed by atoms with Gasteiger partial charge in [0, 0.05) is 16.2 Å². The highest BCUT2D eigenvalue weighted by molar-refractivity contribution is 7.17. The summed E-state index contributed by atoms with van der Waals surface area (Å²) < 4.78 is 1.31. The SMILES string of the molecule is [N-]=[N+]=NCCC=Cc1cccc2ccsc12. The molecule has 16 heavy (non-hydrogen) atoms. The van der Waals surface area contributed by atoms with E-state index in [1.54, 1.807) is 11.3 Å².